The van der Waals surface area contributed by atoms with Crippen molar-refractivity contribution >= 4 is 11.1 Å². The van der Waals surface area contributed by atoms with Crippen LogP contribution < -0.4 is 0 Å². The lowest BCUT2D eigenvalue weighted by molar-refractivity contribution is -0.138. The van der Waals surface area contributed by atoms with E-state index < -0.39 is 46.3 Å². The van der Waals surface area contributed by atoms with E-state index >= 15 is 0 Å². The average molecular weight is 546 g/mol. The van der Waals surface area contributed by atoms with E-state index in [2.05, 4.69) is 9.69 Å². The molecule has 4 nitrogen and oxygen atoms in total. The molecule has 0 heterocycles. The van der Waals surface area contributed by atoms with Crippen molar-refractivity contribution in [3.8, 4) is 34.4 Å². The largest absolute Gasteiger partial charge is 0.417 e. The van der Waals surface area contributed by atoms with Crippen LogP contribution in [0.2, 0.25) is 0 Å². The van der Waals surface area contributed by atoms with Gasteiger partial charge in [-0.2, -0.15) is 26.3 Å². The van der Waals surface area contributed by atoms with E-state index in [0.29, 0.717) is 0 Å². The van der Waals surface area contributed by atoms with Gasteiger partial charge in [0.1, 0.15) is 5.82 Å². The third-order valence-corrected chi connectivity index (χ3v) is 6.75. The first-order valence-corrected chi connectivity index (χ1v) is 11.1. The average Bonchev–Trinajstić information content (AvgIpc) is 3.35. The molecular weight excluding hydrogens is 537 g/mol. The van der Waals surface area contributed by atoms with Crippen LogP contribution in [0.5, 0.6) is 0 Å². The van der Waals surface area contributed by atoms with E-state index in [0.717, 1.165) is 18.2 Å². The maximum absolute atomic E-state index is 14.4. The molecular formula is C29H9F7N4. The van der Waals surface area contributed by atoms with Crippen molar-refractivity contribution in [1.29, 1.82) is 10.5 Å². The molecule has 0 unspecified atom stereocenters. The number of fused-ring (bicyclic) bond motifs is 6. The molecule has 0 atom stereocenters. The van der Waals surface area contributed by atoms with Gasteiger partial charge in [0.2, 0.25) is 0 Å². The van der Waals surface area contributed by atoms with Gasteiger partial charge in [0.15, 0.2) is 0 Å². The molecule has 0 spiro atoms. The molecule has 0 amide bonds. The van der Waals surface area contributed by atoms with Crippen LogP contribution in [-0.4, -0.2) is 0 Å². The summed E-state index contributed by atoms with van der Waals surface area (Å²) in [4.78, 5) is 6.27. The Bertz CT molecular complexity index is 1900. The molecule has 0 radical (unpaired) electrons. The molecule has 5 rings (SSSR count). The summed E-state index contributed by atoms with van der Waals surface area (Å²) in [6, 6.07) is 8.46. The highest BCUT2D eigenvalue weighted by molar-refractivity contribution is 6.11. The summed E-state index contributed by atoms with van der Waals surface area (Å²) in [5.41, 5.74) is -4.75. The van der Waals surface area contributed by atoms with Gasteiger partial charge >= 0.3 is 12.4 Å². The number of benzene rings is 3. The van der Waals surface area contributed by atoms with Crippen LogP contribution in [-0.2, 0) is 12.4 Å². The van der Waals surface area contributed by atoms with Crippen LogP contribution in [0.25, 0.3) is 43.1 Å². The van der Waals surface area contributed by atoms with Crippen LogP contribution in [0.4, 0.5) is 30.7 Å². The first-order chi connectivity index (χ1) is 18.8. The summed E-state index contributed by atoms with van der Waals surface area (Å²) >= 11 is 0. The van der Waals surface area contributed by atoms with E-state index in [-0.39, 0.29) is 61.7 Å². The predicted octanol–water partition coefficient (Wildman–Crippen LogP) is 8.54. The SMILES string of the molecule is [C-]#[N+]/C(C#N)=C1/c2cc3c(cc2-c2c1cc(F)cc2C(F)(F)F)/C(=C(/C#N)[N+]#[C-])c1cc(C(F)(F)F)cc(C)c1-3. The molecule has 0 N–H and O–H groups in total. The fraction of sp³-hybridized carbons (Fsp3) is 0.103. The van der Waals surface area contributed by atoms with Gasteiger partial charge in [0.25, 0.3) is 11.4 Å². The number of alkyl halides is 6. The molecule has 40 heavy (non-hydrogen) atoms. The van der Waals surface area contributed by atoms with Crippen molar-refractivity contribution in [2.24, 2.45) is 0 Å². The molecule has 2 aliphatic carbocycles. The Morgan fingerprint density at radius 2 is 1.18 bits per heavy atom. The minimum atomic E-state index is -5.06. The Morgan fingerprint density at radius 1 is 0.675 bits per heavy atom. The molecule has 2 aliphatic rings. The summed E-state index contributed by atoms with van der Waals surface area (Å²) in [5.74, 6) is -1.26. The van der Waals surface area contributed by atoms with Crippen molar-refractivity contribution in [2.45, 2.75) is 19.3 Å². The summed E-state index contributed by atoms with van der Waals surface area (Å²) in [7, 11) is 0. The first kappa shape index (κ1) is 26.2. The maximum atomic E-state index is 14.4. The third-order valence-electron chi connectivity index (χ3n) is 6.75. The van der Waals surface area contributed by atoms with Crippen LogP contribution in [0.15, 0.2) is 47.8 Å². The van der Waals surface area contributed by atoms with Gasteiger partial charge in [-0.3, -0.25) is 0 Å². The molecule has 0 saturated heterocycles. The molecule has 0 bridgehead atoms. The standard InChI is InChI=1S/C29H9F7N4/c1-12-4-13(28(31,32)33)5-19-24(12)15-8-18-16(9-17(15)26(19)22(10-37)39-2)25-20(27(18)23(11-38)40-3)6-14(30)7-21(25)29(34,35)36/h4-9H,1H3/b26-22+,27-23-. The quantitative estimate of drug-likeness (QED) is 0.111. The van der Waals surface area contributed by atoms with Gasteiger partial charge in [0.05, 0.1) is 36.4 Å². The van der Waals surface area contributed by atoms with Gasteiger partial charge in [-0.15, -0.1) is 0 Å². The Morgan fingerprint density at radius 3 is 1.62 bits per heavy atom. The number of nitrogens with zero attached hydrogens (tertiary/aromatic N) is 4. The molecule has 0 aliphatic heterocycles. The molecule has 194 valence electrons. The van der Waals surface area contributed by atoms with E-state index in [1.165, 1.54) is 19.1 Å². The van der Waals surface area contributed by atoms with Crippen molar-refractivity contribution in [3.63, 3.8) is 0 Å². The van der Waals surface area contributed by atoms with E-state index in [4.69, 9.17) is 13.1 Å². The summed E-state index contributed by atoms with van der Waals surface area (Å²) < 4.78 is 97.8. The van der Waals surface area contributed by atoms with Crippen molar-refractivity contribution in [3.05, 3.63) is 115 Å². The monoisotopic (exact) mass is 546 g/mol. The fourth-order valence-electron chi connectivity index (χ4n) is 5.32. The smallest absolute Gasteiger partial charge is 0.226 e. The Balaban J connectivity index is 2.00. The van der Waals surface area contributed by atoms with Crippen molar-refractivity contribution in [2.75, 3.05) is 0 Å². The summed E-state index contributed by atoms with van der Waals surface area (Å²) in [6.07, 6.45) is -9.83. The fourth-order valence-corrected chi connectivity index (χ4v) is 5.32. The zero-order valence-corrected chi connectivity index (χ0v) is 19.9. The minimum Gasteiger partial charge on any atom is -0.226 e. The second-order valence-corrected chi connectivity index (χ2v) is 8.92. The van der Waals surface area contributed by atoms with Gasteiger partial charge in [-0.25, -0.2) is 24.6 Å². The summed E-state index contributed by atoms with van der Waals surface area (Å²) in [6.45, 7) is 16.2. The Kier molecular flexibility index (Phi) is 5.61. The first-order valence-electron chi connectivity index (χ1n) is 11.1. The van der Waals surface area contributed by atoms with Crippen LogP contribution in [0.1, 0.15) is 38.9 Å². The zero-order chi connectivity index (χ0) is 29.3. The lowest BCUT2D eigenvalue weighted by atomic mass is 9.93. The van der Waals surface area contributed by atoms with Gasteiger partial charge in [-0.05, 0) is 87.8 Å². The number of halogens is 7. The van der Waals surface area contributed by atoms with E-state index in [9.17, 15) is 41.3 Å². The van der Waals surface area contributed by atoms with E-state index in [1.54, 1.807) is 12.1 Å². The number of nitriles is 2. The van der Waals surface area contributed by atoms with Gasteiger partial charge in [0, 0.05) is 16.7 Å². The van der Waals surface area contributed by atoms with Crippen LogP contribution in [0, 0.1) is 48.5 Å². The maximum Gasteiger partial charge on any atom is 0.417 e. The highest BCUT2D eigenvalue weighted by atomic mass is 19.4. The van der Waals surface area contributed by atoms with Gasteiger partial charge < -0.3 is 0 Å². The Hall–Kier alpha value is -5.39. The lowest BCUT2D eigenvalue weighted by Gasteiger charge is -2.14. The number of rotatable bonds is 0. The number of aryl methyl sites for hydroxylation is 1. The second-order valence-electron chi connectivity index (χ2n) is 8.92. The molecule has 0 saturated carbocycles. The van der Waals surface area contributed by atoms with E-state index in [1.807, 2.05) is 0 Å². The Labute approximate surface area is 221 Å². The second kappa shape index (κ2) is 8.56. The molecule has 0 fully saturated rings. The minimum absolute atomic E-state index is 0.0229. The lowest BCUT2D eigenvalue weighted by Crippen LogP contribution is -2.08. The summed E-state index contributed by atoms with van der Waals surface area (Å²) in [5, 5.41) is 19.2. The predicted molar refractivity (Wildman–Crippen MR) is 128 cm³/mol. The topological polar surface area (TPSA) is 56.3 Å². The molecule has 3 aromatic rings. The van der Waals surface area contributed by atoms with Gasteiger partial charge in [-0.1, -0.05) is 0 Å². The highest BCUT2D eigenvalue weighted by Crippen LogP contribution is 2.57. The number of hydrogen-bond acceptors (Lipinski definition) is 2. The number of hydrogen-bond donors (Lipinski definition) is 0. The normalized spacial score (nSPS) is 15.5. The zero-order valence-electron chi connectivity index (χ0n) is 19.9. The molecule has 3 aromatic carbocycles. The molecule has 11 heteroatoms. The molecule has 0 aromatic heterocycles. The van der Waals surface area contributed by atoms with Crippen LogP contribution >= 0.6 is 0 Å². The van der Waals surface area contributed by atoms with Crippen molar-refractivity contribution < 1.29 is 30.7 Å². The highest BCUT2D eigenvalue weighted by Gasteiger charge is 2.42. The van der Waals surface area contributed by atoms with Crippen LogP contribution in [0.3, 0.4) is 0 Å². The third kappa shape index (κ3) is 3.64. The number of allylic oxidation sites excluding steroid dienone is 2. The van der Waals surface area contributed by atoms with Crippen molar-refractivity contribution in [1.82, 2.24) is 0 Å².